The van der Waals surface area contributed by atoms with Crippen LogP contribution in [0.2, 0.25) is 0 Å². The van der Waals surface area contributed by atoms with Gasteiger partial charge in [0, 0.05) is 35.1 Å². The van der Waals surface area contributed by atoms with E-state index in [1.54, 1.807) is 0 Å². The molecular formula is C18H18N4O. The van der Waals surface area contributed by atoms with Crippen molar-refractivity contribution in [3.8, 4) is 0 Å². The van der Waals surface area contributed by atoms with Crippen molar-refractivity contribution in [2.45, 2.75) is 20.8 Å². The highest BCUT2D eigenvalue weighted by atomic mass is 16.1. The quantitative estimate of drug-likeness (QED) is 0.769. The number of pyridine rings is 2. The third kappa shape index (κ3) is 3.45. The van der Waals surface area contributed by atoms with Crippen LogP contribution in [-0.4, -0.2) is 15.9 Å². The smallest absolute Gasteiger partial charge is 0.221 e. The van der Waals surface area contributed by atoms with Crippen LogP contribution in [0.4, 0.5) is 17.1 Å². The van der Waals surface area contributed by atoms with Gasteiger partial charge >= 0.3 is 0 Å². The van der Waals surface area contributed by atoms with Crippen LogP contribution in [0.15, 0.2) is 42.5 Å². The van der Waals surface area contributed by atoms with Gasteiger partial charge in [0.25, 0.3) is 0 Å². The molecule has 0 aliphatic heterocycles. The van der Waals surface area contributed by atoms with Crippen LogP contribution in [0, 0.1) is 13.8 Å². The van der Waals surface area contributed by atoms with Crippen molar-refractivity contribution in [1.82, 2.24) is 9.97 Å². The average Bonchev–Trinajstić information content (AvgIpc) is 2.48. The zero-order valence-electron chi connectivity index (χ0n) is 13.3. The predicted molar refractivity (Wildman–Crippen MR) is 93.0 cm³/mol. The first-order valence-electron chi connectivity index (χ1n) is 7.41. The number of nitrogens with one attached hydrogen (secondary N) is 2. The maximum atomic E-state index is 11.1. The second-order valence-corrected chi connectivity index (χ2v) is 5.52. The van der Waals surface area contributed by atoms with Gasteiger partial charge in [-0.15, -0.1) is 0 Å². The molecule has 0 atom stereocenters. The first-order valence-corrected chi connectivity index (χ1v) is 7.41. The molecular weight excluding hydrogens is 288 g/mol. The van der Waals surface area contributed by atoms with Crippen molar-refractivity contribution >= 4 is 34.0 Å². The van der Waals surface area contributed by atoms with Gasteiger partial charge in [-0.1, -0.05) is 0 Å². The number of rotatable bonds is 3. The Morgan fingerprint density at radius 1 is 0.913 bits per heavy atom. The van der Waals surface area contributed by atoms with Crippen LogP contribution in [-0.2, 0) is 4.79 Å². The van der Waals surface area contributed by atoms with Crippen LogP contribution in [0.25, 0.3) is 11.0 Å². The van der Waals surface area contributed by atoms with Crippen molar-refractivity contribution in [1.29, 1.82) is 0 Å². The third-order valence-electron chi connectivity index (χ3n) is 3.42. The van der Waals surface area contributed by atoms with Crippen LogP contribution < -0.4 is 10.6 Å². The Morgan fingerprint density at radius 3 is 2.26 bits per heavy atom. The van der Waals surface area contributed by atoms with Crippen molar-refractivity contribution in [2.24, 2.45) is 0 Å². The Labute approximate surface area is 134 Å². The lowest BCUT2D eigenvalue weighted by molar-refractivity contribution is -0.114. The first kappa shape index (κ1) is 15.0. The molecule has 0 aliphatic rings. The van der Waals surface area contributed by atoms with E-state index in [1.165, 1.54) is 6.92 Å². The van der Waals surface area contributed by atoms with Gasteiger partial charge in [0.1, 0.15) is 0 Å². The van der Waals surface area contributed by atoms with E-state index in [1.807, 2.05) is 56.3 Å². The Hall–Kier alpha value is -2.95. The first-order chi connectivity index (χ1) is 11.0. The van der Waals surface area contributed by atoms with Crippen LogP contribution in [0.1, 0.15) is 18.3 Å². The summed E-state index contributed by atoms with van der Waals surface area (Å²) < 4.78 is 0. The zero-order valence-corrected chi connectivity index (χ0v) is 13.3. The van der Waals surface area contributed by atoms with E-state index in [0.717, 1.165) is 39.5 Å². The molecule has 23 heavy (non-hydrogen) atoms. The second kappa shape index (κ2) is 6.04. The highest BCUT2D eigenvalue weighted by Crippen LogP contribution is 2.26. The molecule has 3 rings (SSSR count). The molecule has 3 aromatic rings. The molecule has 0 unspecified atom stereocenters. The number of aromatic nitrogens is 2. The number of carbonyl (C=O) groups excluding carboxylic acids is 1. The molecule has 1 aromatic carbocycles. The van der Waals surface area contributed by atoms with Crippen molar-refractivity contribution in [3.63, 3.8) is 0 Å². The van der Waals surface area contributed by atoms with Gasteiger partial charge in [0.15, 0.2) is 5.65 Å². The maximum absolute atomic E-state index is 11.1. The number of hydrogen-bond acceptors (Lipinski definition) is 4. The van der Waals surface area contributed by atoms with Gasteiger partial charge in [0.2, 0.25) is 5.91 Å². The molecule has 0 saturated heterocycles. The lowest BCUT2D eigenvalue weighted by Gasteiger charge is -2.11. The van der Waals surface area contributed by atoms with Crippen molar-refractivity contribution in [3.05, 3.63) is 53.9 Å². The van der Waals surface area contributed by atoms with E-state index in [2.05, 4.69) is 20.6 Å². The highest BCUT2D eigenvalue weighted by molar-refractivity contribution is 5.92. The molecule has 0 aliphatic carbocycles. The van der Waals surface area contributed by atoms with Gasteiger partial charge in [-0.3, -0.25) is 4.79 Å². The molecule has 0 bridgehead atoms. The Balaban J connectivity index is 1.93. The molecule has 1 amide bonds. The van der Waals surface area contributed by atoms with Gasteiger partial charge in [-0.25, -0.2) is 9.97 Å². The molecule has 0 fully saturated rings. The molecule has 116 valence electrons. The topological polar surface area (TPSA) is 66.9 Å². The molecule has 2 aromatic heterocycles. The highest BCUT2D eigenvalue weighted by Gasteiger charge is 2.06. The lowest BCUT2D eigenvalue weighted by Crippen LogP contribution is -2.05. The minimum Gasteiger partial charge on any atom is -0.355 e. The Morgan fingerprint density at radius 2 is 1.57 bits per heavy atom. The zero-order chi connectivity index (χ0) is 16.4. The van der Waals surface area contributed by atoms with Crippen LogP contribution in [0.3, 0.4) is 0 Å². The van der Waals surface area contributed by atoms with Gasteiger partial charge in [0.05, 0.1) is 5.69 Å². The number of carbonyl (C=O) groups is 1. The predicted octanol–water partition coefficient (Wildman–Crippen LogP) is 3.95. The van der Waals surface area contributed by atoms with Crippen molar-refractivity contribution in [2.75, 3.05) is 10.6 Å². The fourth-order valence-electron chi connectivity index (χ4n) is 2.42. The molecule has 5 nitrogen and oxygen atoms in total. The summed E-state index contributed by atoms with van der Waals surface area (Å²) in [7, 11) is 0. The number of amides is 1. The molecule has 0 spiro atoms. The summed E-state index contributed by atoms with van der Waals surface area (Å²) >= 11 is 0. The SMILES string of the molecule is CC(=O)Nc1ccc(Nc2cc(C)nc3nc(C)ccc23)cc1. The average molecular weight is 306 g/mol. The minimum absolute atomic E-state index is 0.0806. The van der Waals surface area contributed by atoms with Crippen LogP contribution in [0.5, 0.6) is 0 Å². The fraction of sp³-hybridized carbons (Fsp3) is 0.167. The summed E-state index contributed by atoms with van der Waals surface area (Å²) in [6.07, 6.45) is 0. The monoisotopic (exact) mass is 306 g/mol. The third-order valence-corrected chi connectivity index (χ3v) is 3.42. The number of aryl methyl sites for hydroxylation is 2. The largest absolute Gasteiger partial charge is 0.355 e. The summed E-state index contributed by atoms with van der Waals surface area (Å²) in [6.45, 7) is 5.40. The summed E-state index contributed by atoms with van der Waals surface area (Å²) in [5.74, 6) is -0.0806. The van der Waals surface area contributed by atoms with Gasteiger partial charge < -0.3 is 10.6 Å². The standard InChI is InChI=1S/C18H18N4O/c1-11-4-9-16-17(10-12(2)20-18(16)19-11)22-15-7-5-14(6-8-15)21-13(3)23/h4-10H,1-3H3,(H,21,23)(H,19,20,22). The summed E-state index contributed by atoms with van der Waals surface area (Å²) in [4.78, 5) is 20.0. The van der Waals surface area contributed by atoms with Crippen molar-refractivity contribution < 1.29 is 4.79 Å². The molecule has 5 heteroatoms. The minimum atomic E-state index is -0.0806. The maximum Gasteiger partial charge on any atom is 0.221 e. The van der Waals surface area contributed by atoms with E-state index in [0.29, 0.717) is 0 Å². The molecule has 2 N–H and O–H groups in total. The number of fused-ring (bicyclic) bond motifs is 1. The number of nitrogens with zero attached hydrogens (tertiary/aromatic N) is 2. The van der Waals surface area contributed by atoms with Gasteiger partial charge in [-0.05, 0) is 56.3 Å². The summed E-state index contributed by atoms with van der Waals surface area (Å²) in [5, 5.41) is 7.13. The van der Waals surface area contributed by atoms with E-state index in [-0.39, 0.29) is 5.91 Å². The summed E-state index contributed by atoms with van der Waals surface area (Å²) in [6, 6.07) is 13.6. The normalized spacial score (nSPS) is 10.6. The second-order valence-electron chi connectivity index (χ2n) is 5.52. The Bertz CT molecular complexity index is 867. The van der Waals surface area contributed by atoms with Gasteiger partial charge in [-0.2, -0.15) is 0 Å². The van der Waals surface area contributed by atoms with E-state index >= 15 is 0 Å². The van der Waals surface area contributed by atoms with E-state index < -0.39 is 0 Å². The molecule has 2 heterocycles. The lowest BCUT2D eigenvalue weighted by atomic mass is 10.2. The van der Waals surface area contributed by atoms with E-state index in [9.17, 15) is 4.79 Å². The number of benzene rings is 1. The number of hydrogen-bond donors (Lipinski definition) is 2. The fourth-order valence-corrected chi connectivity index (χ4v) is 2.42. The number of anilines is 3. The summed E-state index contributed by atoms with van der Waals surface area (Å²) in [5.41, 5.74) is 5.27. The molecule has 0 radical (unpaired) electrons. The Kier molecular flexibility index (Phi) is 3.93. The molecule has 0 saturated carbocycles. The van der Waals surface area contributed by atoms with E-state index in [4.69, 9.17) is 0 Å². The van der Waals surface area contributed by atoms with Crippen LogP contribution >= 0.6 is 0 Å².